The Balaban J connectivity index is 2.21. The maximum Gasteiger partial charge on any atom is 0.352 e. The zero-order chi connectivity index (χ0) is 15.0. The molecule has 0 spiro atoms. The van der Waals surface area contributed by atoms with E-state index in [1.165, 1.54) is 4.52 Å². The van der Waals surface area contributed by atoms with Gasteiger partial charge in [0.25, 0.3) is 5.56 Å². The molecule has 2 aromatic rings. The van der Waals surface area contributed by atoms with Gasteiger partial charge in [-0.3, -0.25) is 4.79 Å². The van der Waals surface area contributed by atoms with Gasteiger partial charge in [-0.25, -0.2) is 4.79 Å². The largest absolute Gasteiger partial charge is 0.477 e. The van der Waals surface area contributed by atoms with Gasteiger partial charge in [0.2, 0.25) is 0 Å². The van der Waals surface area contributed by atoms with Gasteiger partial charge in [0.15, 0.2) is 0 Å². The number of fused-ring (bicyclic) bond motifs is 1. The summed E-state index contributed by atoms with van der Waals surface area (Å²) in [5, 5.41) is 13.6. The van der Waals surface area contributed by atoms with E-state index in [4.69, 9.17) is 4.74 Å². The maximum atomic E-state index is 12.1. The molecule has 1 aliphatic rings. The normalized spacial score (nSPS) is 18.4. The van der Waals surface area contributed by atoms with Gasteiger partial charge in [-0.2, -0.15) is 9.61 Å². The monoisotopic (exact) mass is 291 g/mol. The van der Waals surface area contributed by atoms with Gasteiger partial charge in [-0.15, -0.1) is 0 Å². The molecule has 0 aliphatic carbocycles. The van der Waals surface area contributed by atoms with Gasteiger partial charge in [0.1, 0.15) is 17.4 Å². The number of aromatic carboxylic acids is 1. The van der Waals surface area contributed by atoms with Crippen molar-refractivity contribution in [3.05, 3.63) is 33.9 Å². The van der Waals surface area contributed by atoms with Crippen LogP contribution >= 0.6 is 0 Å². The number of ether oxygens (including phenoxy) is 1. The van der Waals surface area contributed by atoms with Crippen molar-refractivity contribution in [1.29, 1.82) is 0 Å². The molecule has 3 rings (SSSR count). The molecule has 1 aliphatic heterocycles. The van der Waals surface area contributed by atoms with Crippen LogP contribution in [0.3, 0.4) is 0 Å². The van der Waals surface area contributed by atoms with E-state index in [1.807, 2.05) is 6.92 Å². The highest BCUT2D eigenvalue weighted by atomic mass is 16.5. The molecule has 7 heteroatoms. The Bertz CT molecular complexity index is 740. The van der Waals surface area contributed by atoms with E-state index < -0.39 is 11.5 Å². The standard InChI is InChI=1S/C14H17N3O4/c1-2-5-16-10(14(19)20)8-13(18)17-12(16)7-9(15-17)11-4-3-6-21-11/h7-8,11H,2-6H2,1H3,(H,19,20). The van der Waals surface area contributed by atoms with Crippen molar-refractivity contribution in [2.45, 2.75) is 38.8 Å². The third-order valence-corrected chi connectivity index (χ3v) is 3.67. The Morgan fingerprint density at radius 2 is 2.33 bits per heavy atom. The lowest BCUT2D eigenvalue weighted by molar-refractivity contribution is 0.0684. The third kappa shape index (κ3) is 2.33. The summed E-state index contributed by atoms with van der Waals surface area (Å²) in [6.45, 7) is 3.16. The summed E-state index contributed by atoms with van der Waals surface area (Å²) in [5.74, 6) is -1.11. The van der Waals surface area contributed by atoms with E-state index >= 15 is 0 Å². The first-order chi connectivity index (χ1) is 10.1. The second-order valence-electron chi connectivity index (χ2n) is 5.17. The van der Waals surface area contributed by atoms with E-state index in [0.717, 1.165) is 25.3 Å². The minimum absolute atomic E-state index is 0.00635. The van der Waals surface area contributed by atoms with Crippen molar-refractivity contribution in [3.63, 3.8) is 0 Å². The molecular weight excluding hydrogens is 274 g/mol. The highest BCUT2D eigenvalue weighted by Crippen LogP contribution is 2.28. The Hall–Kier alpha value is -2.15. The van der Waals surface area contributed by atoms with Crippen molar-refractivity contribution in [3.8, 4) is 0 Å². The first-order valence-corrected chi connectivity index (χ1v) is 7.10. The first-order valence-electron chi connectivity index (χ1n) is 7.10. The number of carbonyl (C=O) groups is 1. The van der Waals surface area contributed by atoms with Gasteiger partial charge in [0, 0.05) is 25.3 Å². The minimum atomic E-state index is -1.11. The molecule has 0 amide bonds. The van der Waals surface area contributed by atoms with Crippen LogP contribution in [0.4, 0.5) is 0 Å². The molecule has 1 saturated heterocycles. The Labute approximate surface area is 120 Å². The molecule has 7 nitrogen and oxygen atoms in total. The highest BCUT2D eigenvalue weighted by molar-refractivity contribution is 5.86. The second-order valence-corrected chi connectivity index (χ2v) is 5.17. The van der Waals surface area contributed by atoms with Crippen LogP contribution in [-0.4, -0.2) is 31.9 Å². The van der Waals surface area contributed by atoms with Crippen LogP contribution in [0.5, 0.6) is 0 Å². The third-order valence-electron chi connectivity index (χ3n) is 3.67. The molecule has 1 unspecified atom stereocenters. The molecule has 1 atom stereocenters. The molecule has 3 heterocycles. The average Bonchev–Trinajstić information content (AvgIpc) is 3.09. The quantitative estimate of drug-likeness (QED) is 0.921. The van der Waals surface area contributed by atoms with E-state index in [1.54, 1.807) is 10.6 Å². The molecule has 0 radical (unpaired) electrons. The lowest BCUT2D eigenvalue weighted by Crippen LogP contribution is -2.23. The predicted molar refractivity (Wildman–Crippen MR) is 74.6 cm³/mol. The summed E-state index contributed by atoms with van der Waals surface area (Å²) in [6.07, 6.45) is 2.50. The van der Waals surface area contributed by atoms with Crippen LogP contribution in [0.25, 0.3) is 5.65 Å². The molecule has 2 aromatic heterocycles. The van der Waals surface area contributed by atoms with Crippen molar-refractivity contribution in [2.24, 2.45) is 0 Å². The molecule has 0 saturated carbocycles. The number of hydrogen-bond acceptors (Lipinski definition) is 4. The van der Waals surface area contributed by atoms with Gasteiger partial charge in [-0.05, 0) is 19.3 Å². The number of carboxylic acid groups (broad SMARTS) is 1. The van der Waals surface area contributed by atoms with Crippen LogP contribution in [0.15, 0.2) is 16.9 Å². The smallest absolute Gasteiger partial charge is 0.352 e. The Morgan fingerprint density at radius 3 is 2.95 bits per heavy atom. The van der Waals surface area contributed by atoms with Crippen molar-refractivity contribution in [2.75, 3.05) is 6.61 Å². The minimum Gasteiger partial charge on any atom is -0.477 e. The number of rotatable bonds is 4. The van der Waals surface area contributed by atoms with Crippen LogP contribution in [-0.2, 0) is 11.3 Å². The number of aryl methyl sites for hydroxylation is 1. The summed E-state index contributed by atoms with van der Waals surface area (Å²) in [5.41, 5.74) is 0.761. The lowest BCUT2D eigenvalue weighted by Gasteiger charge is -2.10. The van der Waals surface area contributed by atoms with Crippen molar-refractivity contribution in [1.82, 2.24) is 14.2 Å². The average molecular weight is 291 g/mol. The zero-order valence-corrected chi connectivity index (χ0v) is 11.8. The van der Waals surface area contributed by atoms with Gasteiger partial charge >= 0.3 is 5.97 Å². The van der Waals surface area contributed by atoms with E-state index in [2.05, 4.69) is 5.10 Å². The predicted octanol–water partition coefficient (Wildman–Crippen LogP) is 1.46. The fourth-order valence-corrected chi connectivity index (χ4v) is 2.73. The first kappa shape index (κ1) is 13.8. The van der Waals surface area contributed by atoms with Crippen LogP contribution < -0.4 is 5.56 Å². The van der Waals surface area contributed by atoms with E-state index in [0.29, 0.717) is 24.5 Å². The van der Waals surface area contributed by atoms with Gasteiger partial charge in [-0.1, -0.05) is 6.92 Å². The van der Waals surface area contributed by atoms with Crippen molar-refractivity contribution < 1.29 is 14.6 Å². The topological polar surface area (TPSA) is 85.8 Å². The van der Waals surface area contributed by atoms with Crippen LogP contribution in [0.1, 0.15) is 48.5 Å². The Kier molecular flexibility index (Phi) is 3.50. The highest BCUT2D eigenvalue weighted by Gasteiger charge is 2.23. The van der Waals surface area contributed by atoms with Gasteiger partial charge in [0.05, 0.1) is 5.69 Å². The number of nitrogens with zero attached hydrogens (tertiary/aromatic N) is 3. The van der Waals surface area contributed by atoms with Crippen LogP contribution in [0.2, 0.25) is 0 Å². The fourth-order valence-electron chi connectivity index (χ4n) is 2.73. The van der Waals surface area contributed by atoms with Gasteiger partial charge < -0.3 is 14.4 Å². The molecule has 0 bridgehead atoms. The molecule has 21 heavy (non-hydrogen) atoms. The summed E-state index contributed by atoms with van der Waals surface area (Å²) in [7, 11) is 0. The molecular formula is C14H17N3O4. The SMILES string of the molecule is CCCn1c(C(=O)O)cc(=O)n2nc(C3CCCO3)cc12. The van der Waals surface area contributed by atoms with Crippen molar-refractivity contribution >= 4 is 11.6 Å². The fraction of sp³-hybridized carbons (Fsp3) is 0.500. The summed E-state index contributed by atoms with van der Waals surface area (Å²) < 4.78 is 8.47. The number of aromatic nitrogens is 3. The number of carboxylic acids is 1. The summed E-state index contributed by atoms with van der Waals surface area (Å²) >= 11 is 0. The zero-order valence-electron chi connectivity index (χ0n) is 11.8. The molecule has 1 N–H and O–H groups in total. The summed E-state index contributed by atoms with van der Waals surface area (Å²) in [6, 6.07) is 2.89. The maximum absolute atomic E-state index is 12.1. The van der Waals surface area contributed by atoms with E-state index in [-0.39, 0.29) is 11.8 Å². The Morgan fingerprint density at radius 1 is 1.52 bits per heavy atom. The summed E-state index contributed by atoms with van der Waals surface area (Å²) in [4.78, 5) is 23.4. The molecule has 112 valence electrons. The second kappa shape index (κ2) is 5.33. The van der Waals surface area contributed by atoms with Crippen LogP contribution in [0, 0.1) is 0 Å². The van der Waals surface area contributed by atoms with E-state index in [9.17, 15) is 14.7 Å². The molecule has 0 aromatic carbocycles. The molecule has 1 fully saturated rings. The lowest BCUT2D eigenvalue weighted by atomic mass is 10.2. The number of hydrogen-bond donors (Lipinski definition) is 1.